The molecule has 4 heterocycles. The largest absolute Gasteiger partial charge is 0.337 e. The fraction of sp³-hybridized carbons (Fsp3) is 0.455. The van der Waals surface area contributed by atoms with Gasteiger partial charge in [-0.3, -0.25) is 14.9 Å². The molecule has 150 valence electrons. The van der Waals surface area contributed by atoms with Gasteiger partial charge in [0.25, 0.3) is 5.91 Å². The van der Waals surface area contributed by atoms with E-state index in [2.05, 4.69) is 24.7 Å². The number of amides is 1. The zero-order valence-corrected chi connectivity index (χ0v) is 16.5. The van der Waals surface area contributed by atoms with Crippen molar-refractivity contribution in [2.75, 3.05) is 13.1 Å². The molecule has 0 spiro atoms. The number of nitrogens with zero attached hydrogens (tertiary/aromatic N) is 5. The lowest BCUT2D eigenvalue weighted by atomic mass is 9.94. The number of pyridine rings is 1. The predicted molar refractivity (Wildman–Crippen MR) is 109 cm³/mol. The number of likely N-dealkylation sites (tertiary alicyclic amines) is 1. The molecule has 2 aliphatic rings. The van der Waals surface area contributed by atoms with Crippen LogP contribution in [0.2, 0.25) is 0 Å². The lowest BCUT2D eigenvalue weighted by Gasteiger charge is -2.32. The molecule has 1 aliphatic heterocycles. The number of nitrogens with one attached hydrogen (secondary N) is 1. The van der Waals surface area contributed by atoms with Crippen LogP contribution in [0.5, 0.6) is 0 Å². The van der Waals surface area contributed by atoms with Crippen LogP contribution in [0.4, 0.5) is 0 Å². The van der Waals surface area contributed by atoms with E-state index in [0.717, 1.165) is 62.3 Å². The van der Waals surface area contributed by atoms with E-state index in [1.54, 1.807) is 0 Å². The molecule has 1 N–H and O–H groups in total. The molecule has 1 aliphatic carbocycles. The topological polar surface area (TPSA) is 79.7 Å². The van der Waals surface area contributed by atoms with Gasteiger partial charge in [0.1, 0.15) is 5.82 Å². The van der Waals surface area contributed by atoms with Gasteiger partial charge in [0.05, 0.1) is 0 Å². The Bertz CT molecular complexity index is 992. The molecule has 0 aromatic carbocycles. The minimum Gasteiger partial charge on any atom is -0.337 e. The molecule has 1 amide bonds. The minimum atomic E-state index is 0.0707. The Morgan fingerprint density at radius 2 is 2.00 bits per heavy atom. The molecule has 5 rings (SSSR count). The number of H-pyrrole nitrogens is 1. The average Bonchev–Trinajstić information content (AvgIpc) is 3.41. The highest BCUT2D eigenvalue weighted by molar-refractivity contribution is 5.94. The van der Waals surface area contributed by atoms with E-state index in [0.29, 0.717) is 12.2 Å². The number of imidazole rings is 1. The van der Waals surface area contributed by atoms with Gasteiger partial charge in [0.2, 0.25) is 0 Å². The number of fused-ring (bicyclic) bond motifs is 1. The highest BCUT2D eigenvalue weighted by Gasteiger charge is 2.31. The second-order valence-corrected chi connectivity index (χ2v) is 8.10. The summed E-state index contributed by atoms with van der Waals surface area (Å²) < 4.78 is 2.20. The fourth-order valence-electron chi connectivity index (χ4n) is 4.68. The van der Waals surface area contributed by atoms with Crippen LogP contribution in [0.3, 0.4) is 0 Å². The summed E-state index contributed by atoms with van der Waals surface area (Å²) in [7, 11) is 0. The molecule has 0 unspecified atom stereocenters. The number of piperidine rings is 1. The van der Waals surface area contributed by atoms with Crippen molar-refractivity contribution in [3.05, 3.63) is 65.3 Å². The van der Waals surface area contributed by atoms with Crippen molar-refractivity contribution < 1.29 is 4.79 Å². The molecule has 29 heavy (non-hydrogen) atoms. The monoisotopic (exact) mass is 390 g/mol. The van der Waals surface area contributed by atoms with E-state index in [-0.39, 0.29) is 11.8 Å². The average molecular weight is 390 g/mol. The van der Waals surface area contributed by atoms with Crippen molar-refractivity contribution in [3.63, 3.8) is 0 Å². The van der Waals surface area contributed by atoms with Crippen LogP contribution in [-0.2, 0) is 19.4 Å². The van der Waals surface area contributed by atoms with Crippen LogP contribution in [0, 0.1) is 0 Å². The highest BCUT2D eigenvalue weighted by Crippen LogP contribution is 2.29. The lowest BCUT2D eigenvalue weighted by molar-refractivity contribution is 0.0696. The number of carbonyl (C=O) groups excluding carboxylic acids is 1. The quantitative estimate of drug-likeness (QED) is 0.743. The van der Waals surface area contributed by atoms with Crippen LogP contribution in [0.1, 0.15) is 64.7 Å². The zero-order chi connectivity index (χ0) is 19.6. The molecular weight excluding hydrogens is 364 g/mol. The summed E-state index contributed by atoms with van der Waals surface area (Å²) >= 11 is 0. The Morgan fingerprint density at radius 3 is 2.90 bits per heavy atom. The Balaban J connectivity index is 1.33. The summed E-state index contributed by atoms with van der Waals surface area (Å²) in [6, 6.07) is 4.06. The maximum Gasteiger partial charge on any atom is 0.274 e. The molecule has 1 saturated heterocycles. The molecule has 0 saturated carbocycles. The summed E-state index contributed by atoms with van der Waals surface area (Å²) in [5.74, 6) is 1.38. The summed E-state index contributed by atoms with van der Waals surface area (Å²) in [6.45, 7) is 2.27. The van der Waals surface area contributed by atoms with E-state index < -0.39 is 0 Å². The smallest absolute Gasteiger partial charge is 0.274 e. The third-order valence-electron chi connectivity index (χ3n) is 6.18. The molecule has 7 heteroatoms. The van der Waals surface area contributed by atoms with Gasteiger partial charge in [-0.15, -0.1) is 0 Å². The van der Waals surface area contributed by atoms with E-state index in [1.165, 1.54) is 12.0 Å². The fourth-order valence-corrected chi connectivity index (χ4v) is 4.68. The van der Waals surface area contributed by atoms with Gasteiger partial charge in [-0.1, -0.05) is 0 Å². The van der Waals surface area contributed by atoms with Gasteiger partial charge in [-0.2, -0.15) is 5.10 Å². The summed E-state index contributed by atoms with van der Waals surface area (Å²) in [6.07, 6.45) is 13.8. The number of hydrogen-bond donors (Lipinski definition) is 1. The van der Waals surface area contributed by atoms with Crippen molar-refractivity contribution >= 4 is 5.91 Å². The van der Waals surface area contributed by atoms with Crippen molar-refractivity contribution in [1.82, 2.24) is 29.6 Å². The number of hydrogen-bond acceptors (Lipinski definition) is 4. The maximum absolute atomic E-state index is 13.2. The normalized spacial score (nSPS) is 19.2. The number of aryl methyl sites for hydroxylation is 1. The zero-order valence-electron chi connectivity index (χ0n) is 16.5. The minimum absolute atomic E-state index is 0.0707. The van der Waals surface area contributed by atoms with Gasteiger partial charge < -0.3 is 9.47 Å². The number of rotatable bonds is 4. The molecule has 1 fully saturated rings. The second-order valence-electron chi connectivity index (χ2n) is 8.10. The highest BCUT2D eigenvalue weighted by atomic mass is 16.2. The van der Waals surface area contributed by atoms with Gasteiger partial charge in [-0.05, 0) is 56.2 Å². The third-order valence-corrected chi connectivity index (χ3v) is 6.18. The Hall–Kier alpha value is -2.96. The molecular formula is C22H26N6O. The van der Waals surface area contributed by atoms with Crippen LogP contribution >= 0.6 is 0 Å². The van der Waals surface area contributed by atoms with Crippen LogP contribution < -0.4 is 0 Å². The first-order chi connectivity index (χ1) is 14.3. The molecule has 0 bridgehead atoms. The Morgan fingerprint density at radius 1 is 1.14 bits per heavy atom. The molecule has 7 nitrogen and oxygen atoms in total. The first kappa shape index (κ1) is 18.1. The summed E-state index contributed by atoms with van der Waals surface area (Å²) in [4.78, 5) is 24.0. The van der Waals surface area contributed by atoms with Crippen LogP contribution in [0.15, 0.2) is 36.9 Å². The standard InChI is InChI=1S/C22H26N6O/c29-22(20-18-5-1-2-6-19(18)25-26-20)28-12-3-4-17(15-28)21-24-11-13-27(21)14-16-7-9-23-10-8-16/h7-11,13,17H,1-6,12,14-15H2,(H,25,26)/t17-/m0/s1. The summed E-state index contributed by atoms with van der Waals surface area (Å²) in [5, 5.41) is 7.49. The number of aromatic nitrogens is 5. The van der Waals surface area contributed by atoms with E-state index >= 15 is 0 Å². The van der Waals surface area contributed by atoms with Crippen molar-refractivity contribution in [1.29, 1.82) is 0 Å². The lowest BCUT2D eigenvalue weighted by Crippen LogP contribution is -2.40. The second kappa shape index (κ2) is 7.81. The van der Waals surface area contributed by atoms with Crippen molar-refractivity contribution in [2.24, 2.45) is 0 Å². The molecule has 3 aromatic rings. The van der Waals surface area contributed by atoms with E-state index in [9.17, 15) is 4.79 Å². The predicted octanol–water partition coefficient (Wildman–Crippen LogP) is 2.95. The van der Waals surface area contributed by atoms with Crippen molar-refractivity contribution in [3.8, 4) is 0 Å². The summed E-state index contributed by atoms with van der Waals surface area (Å²) in [5.41, 5.74) is 4.13. The Kier molecular flexibility index (Phi) is 4.87. The van der Waals surface area contributed by atoms with Crippen LogP contribution in [0.25, 0.3) is 0 Å². The van der Waals surface area contributed by atoms with Crippen LogP contribution in [-0.4, -0.2) is 48.6 Å². The van der Waals surface area contributed by atoms with Crippen molar-refractivity contribution in [2.45, 2.75) is 51.0 Å². The third kappa shape index (κ3) is 3.57. The van der Waals surface area contributed by atoms with E-state index in [4.69, 9.17) is 0 Å². The molecule has 3 aromatic heterocycles. The number of aromatic amines is 1. The molecule has 1 atom stereocenters. The first-order valence-electron chi connectivity index (χ1n) is 10.5. The van der Waals surface area contributed by atoms with Gasteiger partial charge in [0.15, 0.2) is 5.69 Å². The first-order valence-corrected chi connectivity index (χ1v) is 10.5. The SMILES string of the molecule is O=C(c1n[nH]c2c1CCCC2)N1CCC[C@H](c2nccn2Cc2ccncc2)C1. The maximum atomic E-state index is 13.2. The Labute approximate surface area is 170 Å². The van der Waals surface area contributed by atoms with Gasteiger partial charge in [-0.25, -0.2) is 4.98 Å². The van der Waals surface area contributed by atoms with Gasteiger partial charge in [0, 0.05) is 61.6 Å². The van der Waals surface area contributed by atoms with Gasteiger partial charge >= 0.3 is 0 Å². The molecule has 0 radical (unpaired) electrons. The van der Waals surface area contributed by atoms with E-state index in [1.807, 2.05) is 41.8 Å². The number of carbonyl (C=O) groups is 1.